The van der Waals surface area contributed by atoms with Crippen LogP contribution in [0.1, 0.15) is 23.2 Å². The Balaban J connectivity index is 1.79. The first-order valence-corrected chi connectivity index (χ1v) is 9.95. The van der Waals surface area contributed by atoms with Gasteiger partial charge < -0.3 is 9.88 Å². The monoisotopic (exact) mass is 355 g/mol. The average Bonchev–Trinajstić information content (AvgIpc) is 2.88. The molecule has 0 bridgehead atoms. The topological polar surface area (TPSA) is 77.1 Å². The van der Waals surface area contributed by atoms with Crippen LogP contribution in [0.15, 0.2) is 47.4 Å². The van der Waals surface area contributed by atoms with Gasteiger partial charge in [0, 0.05) is 24.2 Å². The fourth-order valence-corrected chi connectivity index (χ4v) is 4.11. The molecule has 0 radical (unpaired) electrons. The van der Waals surface area contributed by atoms with Gasteiger partial charge in [0.1, 0.15) is 0 Å². The van der Waals surface area contributed by atoms with E-state index < -0.39 is 10.0 Å². The number of rotatable bonds is 3. The molecule has 5 nitrogen and oxygen atoms in total. The van der Waals surface area contributed by atoms with Crippen LogP contribution >= 0.6 is 0 Å². The first kappa shape index (κ1) is 16.2. The van der Waals surface area contributed by atoms with Gasteiger partial charge in [0.15, 0.2) is 0 Å². The Hall–Kier alpha value is -2.31. The lowest BCUT2D eigenvalue weighted by Crippen LogP contribution is -2.14. The first-order chi connectivity index (χ1) is 11.9. The van der Waals surface area contributed by atoms with Crippen molar-refractivity contribution in [2.75, 3.05) is 11.9 Å². The molecule has 3 aromatic rings. The predicted octanol–water partition coefficient (Wildman–Crippen LogP) is 3.00. The number of nitrogens with two attached hydrogens (primary N) is 1. The molecule has 0 fully saturated rings. The zero-order valence-corrected chi connectivity index (χ0v) is 14.9. The van der Waals surface area contributed by atoms with Crippen molar-refractivity contribution in [3.05, 3.63) is 59.3 Å². The molecule has 0 spiro atoms. The number of nitrogens with zero attached hydrogens (tertiary/aromatic N) is 1. The summed E-state index contributed by atoms with van der Waals surface area (Å²) >= 11 is 0. The molecule has 4 rings (SSSR count). The molecule has 0 amide bonds. The summed E-state index contributed by atoms with van der Waals surface area (Å²) in [5.74, 6) is 0. The van der Waals surface area contributed by atoms with Gasteiger partial charge in [-0.1, -0.05) is 23.8 Å². The third-order valence-corrected chi connectivity index (χ3v) is 5.74. The second-order valence-electron chi connectivity index (χ2n) is 6.65. The van der Waals surface area contributed by atoms with Gasteiger partial charge in [-0.3, -0.25) is 0 Å². The Labute approximate surface area is 147 Å². The lowest BCUT2D eigenvalue weighted by Gasteiger charge is -2.17. The van der Waals surface area contributed by atoms with Gasteiger partial charge in [-0.25, -0.2) is 13.6 Å². The molecular formula is C19H21N3O2S. The van der Waals surface area contributed by atoms with Gasteiger partial charge in [-0.15, -0.1) is 0 Å². The second kappa shape index (κ2) is 5.89. The molecule has 130 valence electrons. The number of nitrogens with one attached hydrogen (secondary N) is 1. The number of fused-ring (bicyclic) bond motifs is 3. The maximum absolute atomic E-state index is 11.4. The van der Waals surface area contributed by atoms with E-state index in [4.69, 9.17) is 5.14 Å². The van der Waals surface area contributed by atoms with E-state index in [1.807, 2.05) is 12.1 Å². The summed E-state index contributed by atoms with van der Waals surface area (Å²) in [6.45, 7) is 3.82. The van der Waals surface area contributed by atoms with Crippen LogP contribution in [0.25, 0.3) is 10.9 Å². The quantitative estimate of drug-likeness (QED) is 0.758. The number of aryl methyl sites for hydroxylation is 1. The van der Waals surface area contributed by atoms with Crippen molar-refractivity contribution in [3.63, 3.8) is 0 Å². The van der Waals surface area contributed by atoms with Crippen LogP contribution in [-0.2, 0) is 23.0 Å². The molecule has 0 unspecified atom stereocenters. The smallest absolute Gasteiger partial charge is 0.238 e. The number of hydrogen-bond acceptors (Lipinski definition) is 3. The van der Waals surface area contributed by atoms with Gasteiger partial charge in [-0.2, -0.15) is 0 Å². The van der Waals surface area contributed by atoms with E-state index in [0.29, 0.717) is 6.54 Å². The number of hydrogen-bond donors (Lipinski definition) is 2. The minimum absolute atomic E-state index is 0.146. The van der Waals surface area contributed by atoms with E-state index in [2.05, 4.69) is 35.0 Å². The van der Waals surface area contributed by atoms with Crippen molar-refractivity contribution < 1.29 is 8.42 Å². The highest BCUT2D eigenvalue weighted by atomic mass is 32.2. The van der Waals surface area contributed by atoms with Gasteiger partial charge in [0.25, 0.3) is 0 Å². The van der Waals surface area contributed by atoms with E-state index in [1.165, 1.54) is 27.8 Å². The number of benzene rings is 2. The normalized spacial score (nSPS) is 14.3. The number of anilines is 1. The molecule has 25 heavy (non-hydrogen) atoms. The van der Waals surface area contributed by atoms with Crippen LogP contribution in [0.5, 0.6) is 0 Å². The summed E-state index contributed by atoms with van der Waals surface area (Å²) in [5.41, 5.74) is 6.07. The van der Waals surface area contributed by atoms with E-state index in [1.54, 1.807) is 12.1 Å². The Kier molecular flexibility index (Phi) is 3.81. The molecule has 1 aliphatic rings. The largest absolute Gasteiger partial charge is 0.383 e. The average molecular weight is 355 g/mol. The Bertz CT molecular complexity index is 1050. The molecule has 6 heteroatoms. The van der Waals surface area contributed by atoms with Gasteiger partial charge in [0.05, 0.1) is 16.1 Å². The Morgan fingerprint density at radius 2 is 1.92 bits per heavy atom. The summed E-state index contributed by atoms with van der Waals surface area (Å²) in [6, 6.07) is 13.4. The van der Waals surface area contributed by atoms with Crippen molar-refractivity contribution in [1.29, 1.82) is 0 Å². The number of primary sulfonamides is 1. The van der Waals surface area contributed by atoms with Crippen LogP contribution < -0.4 is 10.5 Å². The highest BCUT2D eigenvalue weighted by Crippen LogP contribution is 2.35. The van der Waals surface area contributed by atoms with Crippen molar-refractivity contribution in [3.8, 4) is 0 Å². The minimum atomic E-state index is -3.65. The summed E-state index contributed by atoms with van der Waals surface area (Å²) < 4.78 is 25.2. The lowest BCUT2D eigenvalue weighted by molar-refractivity contribution is 0.597. The van der Waals surface area contributed by atoms with E-state index in [-0.39, 0.29) is 4.90 Å². The maximum Gasteiger partial charge on any atom is 0.238 e. The van der Waals surface area contributed by atoms with Crippen LogP contribution in [0.3, 0.4) is 0 Å². The summed E-state index contributed by atoms with van der Waals surface area (Å²) in [7, 11) is -3.65. The van der Waals surface area contributed by atoms with Gasteiger partial charge in [0.2, 0.25) is 10.0 Å². The third-order valence-electron chi connectivity index (χ3n) is 4.81. The van der Waals surface area contributed by atoms with Crippen molar-refractivity contribution >= 4 is 26.6 Å². The molecule has 2 aromatic carbocycles. The zero-order valence-electron chi connectivity index (χ0n) is 14.1. The van der Waals surface area contributed by atoms with Crippen molar-refractivity contribution in [2.45, 2.75) is 31.2 Å². The Morgan fingerprint density at radius 3 is 2.64 bits per heavy atom. The summed E-state index contributed by atoms with van der Waals surface area (Å²) in [6.07, 6.45) is 2.16. The highest BCUT2D eigenvalue weighted by molar-refractivity contribution is 7.89. The van der Waals surface area contributed by atoms with Gasteiger partial charge >= 0.3 is 0 Å². The first-order valence-electron chi connectivity index (χ1n) is 8.41. The summed E-state index contributed by atoms with van der Waals surface area (Å²) in [5, 5.41) is 9.99. The zero-order chi connectivity index (χ0) is 17.6. The van der Waals surface area contributed by atoms with Crippen LogP contribution in [0, 0.1) is 6.92 Å². The molecule has 0 saturated carbocycles. The molecular weight excluding hydrogens is 334 g/mol. The molecule has 1 aromatic heterocycles. The highest BCUT2D eigenvalue weighted by Gasteiger charge is 2.20. The van der Waals surface area contributed by atoms with E-state index >= 15 is 0 Å². The third kappa shape index (κ3) is 2.92. The fraction of sp³-hybridized carbons (Fsp3) is 0.263. The molecule has 0 aliphatic carbocycles. The van der Waals surface area contributed by atoms with Crippen molar-refractivity contribution in [1.82, 2.24) is 4.57 Å². The molecule has 2 heterocycles. The summed E-state index contributed by atoms with van der Waals surface area (Å²) in [4.78, 5) is 0.146. The Morgan fingerprint density at radius 1 is 1.16 bits per heavy atom. The van der Waals surface area contributed by atoms with E-state index in [0.717, 1.165) is 24.9 Å². The molecule has 0 atom stereocenters. The van der Waals surface area contributed by atoms with Crippen LogP contribution in [0.4, 0.5) is 5.69 Å². The van der Waals surface area contributed by atoms with Crippen LogP contribution in [-0.4, -0.2) is 19.5 Å². The molecule has 3 N–H and O–H groups in total. The number of aromatic nitrogens is 1. The maximum atomic E-state index is 11.4. The van der Waals surface area contributed by atoms with Crippen LogP contribution in [0.2, 0.25) is 0 Å². The second-order valence-corrected chi connectivity index (χ2v) is 8.21. The molecule has 0 saturated heterocycles. The minimum Gasteiger partial charge on any atom is -0.383 e. The van der Waals surface area contributed by atoms with Gasteiger partial charge in [-0.05, 0) is 49.6 Å². The SMILES string of the molecule is Cc1ccc2c(c1)c1c(n2Cc2ccc(S(N)(=O)=O)cc2)CCCN1. The molecule has 1 aliphatic heterocycles. The standard InChI is InChI=1S/C19H21N3O2S/c1-13-4-9-17-16(11-13)19-18(3-2-10-21-19)22(17)12-14-5-7-15(8-6-14)25(20,23)24/h4-9,11,21H,2-3,10,12H2,1H3,(H2,20,23,24). The fourth-order valence-electron chi connectivity index (χ4n) is 3.60. The van der Waals surface area contributed by atoms with Crippen molar-refractivity contribution in [2.24, 2.45) is 5.14 Å². The van der Waals surface area contributed by atoms with E-state index in [9.17, 15) is 8.42 Å². The lowest BCUT2D eigenvalue weighted by atomic mass is 10.1. The number of sulfonamides is 1. The predicted molar refractivity (Wildman–Crippen MR) is 100 cm³/mol.